The Morgan fingerprint density at radius 2 is 2.12 bits per heavy atom. The van der Waals surface area contributed by atoms with Crippen LogP contribution in [0.1, 0.15) is 18.1 Å². The van der Waals surface area contributed by atoms with E-state index in [2.05, 4.69) is 9.97 Å². The van der Waals surface area contributed by atoms with Crippen LogP contribution < -0.4 is 5.56 Å². The normalized spacial score (nSPS) is 14.4. The average molecular weight is 230 g/mol. The minimum absolute atomic E-state index is 0.559. The van der Waals surface area contributed by atoms with Gasteiger partial charge < -0.3 is 25.4 Å². The molecule has 0 aliphatic rings. The molecule has 0 saturated heterocycles. The molecule has 0 amide bonds. The molecule has 1 aromatic heterocycles. The third kappa shape index (κ3) is 2.55. The van der Waals surface area contributed by atoms with Crippen molar-refractivity contribution in [1.82, 2.24) is 9.97 Å². The molecule has 1 heterocycles. The van der Waals surface area contributed by atoms with Crippen LogP contribution in [0.5, 0.6) is 5.88 Å². The van der Waals surface area contributed by atoms with Crippen LogP contribution in [-0.2, 0) is 4.79 Å². The average Bonchev–Trinajstić information content (AvgIpc) is 2.16. The smallest absolute Gasteiger partial charge is 0.306 e. The summed E-state index contributed by atoms with van der Waals surface area (Å²) in [6.45, 7) is 0. The Labute approximate surface area is 88.8 Å². The molecular formula is C8H10N2O6. The zero-order valence-electron chi connectivity index (χ0n) is 7.99. The van der Waals surface area contributed by atoms with E-state index in [9.17, 15) is 24.9 Å². The van der Waals surface area contributed by atoms with Crippen LogP contribution in [0.2, 0.25) is 0 Å². The Hall–Kier alpha value is -1.93. The Kier molecular flexibility index (Phi) is 3.59. The first-order valence-corrected chi connectivity index (χ1v) is 4.28. The summed E-state index contributed by atoms with van der Waals surface area (Å²) in [6.07, 6.45) is -3.35. The summed E-state index contributed by atoms with van der Waals surface area (Å²) in [6, 6.07) is 0. The maximum atomic E-state index is 11.2. The zero-order valence-corrected chi connectivity index (χ0v) is 7.99. The van der Waals surface area contributed by atoms with Crippen molar-refractivity contribution < 1.29 is 25.2 Å². The van der Waals surface area contributed by atoms with E-state index in [1.807, 2.05) is 0 Å². The van der Waals surface area contributed by atoms with Crippen molar-refractivity contribution in [2.24, 2.45) is 0 Å². The number of aliphatic carboxylic acids is 1. The highest BCUT2D eigenvalue weighted by atomic mass is 16.4. The van der Waals surface area contributed by atoms with Gasteiger partial charge in [0.25, 0.3) is 5.56 Å². The number of hydrogen-bond donors (Lipinski definition) is 5. The number of nitrogens with one attached hydrogen (secondary N) is 1. The largest absolute Gasteiger partial charge is 0.493 e. The van der Waals surface area contributed by atoms with Crippen LogP contribution in [0.3, 0.4) is 0 Å². The van der Waals surface area contributed by atoms with Gasteiger partial charge in [-0.2, -0.15) is 0 Å². The molecule has 2 atom stereocenters. The first kappa shape index (κ1) is 12.1. The number of aliphatic hydroxyl groups excluding tert-OH is 2. The molecule has 0 radical (unpaired) electrons. The van der Waals surface area contributed by atoms with Crippen molar-refractivity contribution in [3.63, 3.8) is 0 Å². The van der Waals surface area contributed by atoms with Crippen LogP contribution in [0, 0.1) is 0 Å². The van der Waals surface area contributed by atoms with E-state index in [4.69, 9.17) is 5.11 Å². The number of aromatic amines is 1. The fourth-order valence-electron chi connectivity index (χ4n) is 1.15. The number of carboxylic acids is 1. The molecule has 5 N–H and O–H groups in total. The number of rotatable bonds is 4. The summed E-state index contributed by atoms with van der Waals surface area (Å²) in [7, 11) is 0. The molecule has 16 heavy (non-hydrogen) atoms. The molecule has 2 unspecified atom stereocenters. The zero-order chi connectivity index (χ0) is 12.3. The van der Waals surface area contributed by atoms with Gasteiger partial charge in [-0.25, -0.2) is 4.98 Å². The van der Waals surface area contributed by atoms with Gasteiger partial charge >= 0.3 is 5.97 Å². The van der Waals surface area contributed by atoms with E-state index in [1.165, 1.54) is 0 Å². The van der Waals surface area contributed by atoms with Gasteiger partial charge in [0.1, 0.15) is 11.7 Å². The number of aliphatic hydroxyl groups is 2. The van der Waals surface area contributed by atoms with Gasteiger partial charge in [0.2, 0.25) is 5.88 Å². The Morgan fingerprint density at radius 1 is 1.50 bits per heavy atom. The number of hydrogen-bond acceptors (Lipinski definition) is 6. The highest BCUT2D eigenvalue weighted by Gasteiger charge is 2.26. The monoisotopic (exact) mass is 230 g/mol. The summed E-state index contributed by atoms with van der Waals surface area (Å²) in [5, 5.41) is 36.3. The highest BCUT2D eigenvalue weighted by Crippen LogP contribution is 2.21. The van der Waals surface area contributed by atoms with Crippen molar-refractivity contribution in [2.45, 2.75) is 18.6 Å². The predicted molar refractivity (Wildman–Crippen MR) is 49.7 cm³/mol. The lowest BCUT2D eigenvalue weighted by Gasteiger charge is -2.15. The SMILES string of the molecule is O=C(O)CC(O)C(O)c1c(O)nc[nH]c1=O. The number of H-pyrrole nitrogens is 1. The van der Waals surface area contributed by atoms with Crippen molar-refractivity contribution in [3.05, 3.63) is 22.2 Å². The molecule has 0 spiro atoms. The molecule has 88 valence electrons. The molecular weight excluding hydrogens is 220 g/mol. The maximum Gasteiger partial charge on any atom is 0.306 e. The van der Waals surface area contributed by atoms with Gasteiger partial charge in [-0.1, -0.05) is 0 Å². The van der Waals surface area contributed by atoms with Gasteiger partial charge in [0, 0.05) is 0 Å². The van der Waals surface area contributed by atoms with Crippen LogP contribution in [0.4, 0.5) is 0 Å². The van der Waals surface area contributed by atoms with Gasteiger partial charge in [0.05, 0.1) is 18.9 Å². The second-order valence-corrected chi connectivity index (χ2v) is 3.08. The molecule has 0 aromatic carbocycles. The fourth-order valence-corrected chi connectivity index (χ4v) is 1.15. The van der Waals surface area contributed by atoms with Crippen LogP contribution in [0.15, 0.2) is 11.1 Å². The van der Waals surface area contributed by atoms with Crippen molar-refractivity contribution in [3.8, 4) is 5.88 Å². The van der Waals surface area contributed by atoms with E-state index in [1.54, 1.807) is 0 Å². The Bertz CT molecular complexity index is 442. The van der Waals surface area contributed by atoms with E-state index >= 15 is 0 Å². The summed E-state index contributed by atoms with van der Waals surface area (Å²) < 4.78 is 0. The Morgan fingerprint density at radius 3 is 2.62 bits per heavy atom. The topological polar surface area (TPSA) is 144 Å². The lowest BCUT2D eigenvalue weighted by molar-refractivity contribution is -0.141. The molecule has 1 rings (SSSR count). The van der Waals surface area contributed by atoms with E-state index < -0.39 is 41.6 Å². The summed E-state index contributed by atoms with van der Waals surface area (Å²) in [4.78, 5) is 26.9. The molecule has 1 aromatic rings. The van der Waals surface area contributed by atoms with Gasteiger partial charge in [0.15, 0.2) is 0 Å². The molecule has 0 aliphatic heterocycles. The summed E-state index contributed by atoms with van der Waals surface area (Å²) >= 11 is 0. The number of nitrogens with zero attached hydrogens (tertiary/aromatic N) is 1. The molecule has 8 heteroatoms. The summed E-state index contributed by atoms with van der Waals surface area (Å²) in [5.74, 6) is -2.09. The third-order valence-corrected chi connectivity index (χ3v) is 1.91. The molecule has 0 fully saturated rings. The standard InChI is InChI=1S/C8H10N2O6/c11-3(1-4(12)13)6(14)5-7(15)9-2-10-8(5)16/h2-3,6,11,14H,1H2,(H,12,13)(H2,9,10,15,16). The lowest BCUT2D eigenvalue weighted by Crippen LogP contribution is -2.27. The number of carboxylic acid groups (broad SMARTS) is 1. The predicted octanol–water partition coefficient (Wildman–Crippen LogP) is -1.66. The highest BCUT2D eigenvalue weighted by molar-refractivity contribution is 5.67. The second kappa shape index (κ2) is 4.73. The first-order chi connectivity index (χ1) is 7.43. The molecule has 0 bridgehead atoms. The number of carbonyl (C=O) groups is 1. The molecule has 0 aliphatic carbocycles. The van der Waals surface area contributed by atoms with Crippen LogP contribution in [0.25, 0.3) is 0 Å². The van der Waals surface area contributed by atoms with Crippen molar-refractivity contribution in [1.29, 1.82) is 0 Å². The molecule has 8 nitrogen and oxygen atoms in total. The third-order valence-electron chi connectivity index (χ3n) is 1.91. The quantitative estimate of drug-likeness (QED) is 0.416. The first-order valence-electron chi connectivity index (χ1n) is 4.28. The van der Waals surface area contributed by atoms with Gasteiger partial charge in [-0.15, -0.1) is 0 Å². The van der Waals surface area contributed by atoms with Gasteiger partial charge in [-0.3, -0.25) is 9.59 Å². The minimum Gasteiger partial charge on any atom is -0.493 e. The van der Waals surface area contributed by atoms with Crippen LogP contribution in [-0.4, -0.2) is 42.5 Å². The van der Waals surface area contributed by atoms with Crippen LogP contribution >= 0.6 is 0 Å². The second-order valence-electron chi connectivity index (χ2n) is 3.08. The van der Waals surface area contributed by atoms with E-state index in [-0.39, 0.29) is 0 Å². The lowest BCUT2D eigenvalue weighted by atomic mass is 10.0. The summed E-state index contributed by atoms with van der Waals surface area (Å²) in [5.41, 5.74) is -1.40. The fraction of sp³-hybridized carbons (Fsp3) is 0.375. The Balaban J connectivity index is 3.00. The van der Waals surface area contributed by atoms with E-state index in [0.29, 0.717) is 0 Å². The van der Waals surface area contributed by atoms with Gasteiger partial charge in [-0.05, 0) is 0 Å². The number of aromatic hydroxyl groups is 1. The minimum atomic E-state index is -1.81. The van der Waals surface area contributed by atoms with Crippen molar-refractivity contribution >= 4 is 5.97 Å². The van der Waals surface area contributed by atoms with Crippen molar-refractivity contribution in [2.75, 3.05) is 0 Å². The number of aromatic nitrogens is 2. The molecule has 0 saturated carbocycles. The van der Waals surface area contributed by atoms with E-state index in [0.717, 1.165) is 6.33 Å². The maximum absolute atomic E-state index is 11.2.